The van der Waals surface area contributed by atoms with Crippen molar-refractivity contribution in [3.05, 3.63) is 119 Å². The molecule has 8 nitrogen and oxygen atoms in total. The van der Waals surface area contributed by atoms with Crippen molar-refractivity contribution in [2.75, 3.05) is 32.1 Å². The molecule has 0 bridgehead atoms. The minimum atomic E-state index is -0.392. The molecule has 236 valence electrons. The Hall–Kier alpha value is -4.97. The lowest BCUT2D eigenvalue weighted by Gasteiger charge is -2.38. The van der Waals surface area contributed by atoms with Crippen LogP contribution in [0.25, 0.3) is 11.1 Å². The molecule has 46 heavy (non-hydrogen) atoms. The molecule has 1 heterocycles. The first kappa shape index (κ1) is 32.4. The summed E-state index contributed by atoms with van der Waals surface area (Å²) in [5, 5.41) is 22.0. The largest absolute Gasteiger partial charge is 0.486 e. The number of nitrogens with zero attached hydrogens (tertiary/aromatic N) is 3. The van der Waals surface area contributed by atoms with E-state index in [9.17, 15) is 14.7 Å². The van der Waals surface area contributed by atoms with E-state index in [1.807, 2.05) is 32.2 Å². The molecule has 3 atom stereocenters. The molecule has 1 aliphatic heterocycles. The van der Waals surface area contributed by atoms with E-state index in [1.54, 1.807) is 47.4 Å². The fourth-order valence-electron chi connectivity index (χ4n) is 5.75. The molecule has 2 amide bonds. The molecule has 0 aromatic heterocycles. The van der Waals surface area contributed by atoms with E-state index < -0.39 is 6.04 Å². The van der Waals surface area contributed by atoms with Crippen molar-refractivity contribution in [3.8, 4) is 22.9 Å². The summed E-state index contributed by atoms with van der Waals surface area (Å²) in [6, 6.07) is 32.6. The fraction of sp³-hybridized carbons (Fsp3) is 0.289. The van der Waals surface area contributed by atoms with E-state index in [0.717, 1.165) is 11.1 Å². The Morgan fingerprint density at radius 1 is 1.00 bits per heavy atom. The first-order valence-corrected chi connectivity index (χ1v) is 15.6. The molecule has 4 aromatic rings. The second kappa shape index (κ2) is 14.9. The lowest BCUT2D eigenvalue weighted by Crippen LogP contribution is -2.49. The second-order valence-corrected chi connectivity index (χ2v) is 12.1. The molecular weight excluding hydrogens is 576 g/mol. The topological polar surface area (TPSA) is 106 Å². The third kappa shape index (κ3) is 7.81. The van der Waals surface area contributed by atoms with Crippen LogP contribution in [-0.4, -0.2) is 65.6 Å². The molecule has 2 N–H and O–H groups in total. The summed E-state index contributed by atoms with van der Waals surface area (Å²) < 4.78 is 6.68. The van der Waals surface area contributed by atoms with Gasteiger partial charge in [0.15, 0.2) is 5.75 Å². The number of hydrogen-bond acceptors (Lipinski definition) is 6. The number of aliphatic hydroxyl groups is 1. The van der Waals surface area contributed by atoms with Crippen LogP contribution in [0.2, 0.25) is 0 Å². The van der Waals surface area contributed by atoms with Crippen LogP contribution in [0.15, 0.2) is 97.1 Å². The number of para-hydroxylation sites is 1. The molecule has 1 aliphatic rings. The maximum absolute atomic E-state index is 13.8. The number of fused-ring (bicyclic) bond motifs is 1. The third-order valence-corrected chi connectivity index (χ3v) is 8.42. The first-order chi connectivity index (χ1) is 22.2. The van der Waals surface area contributed by atoms with Gasteiger partial charge >= 0.3 is 0 Å². The Morgan fingerprint density at radius 3 is 2.35 bits per heavy atom. The standard InChI is InChI=1S/C38H40N4O4/c1-26-22-42(27(2)25-43)38(45)33-10-7-11-34(40-36(44)20-28-12-14-29(21-39)15-13-28)37(33)46-35(26)24-41(3)23-30-16-18-32(19-17-30)31-8-5-4-6-9-31/h4-19,26-27,35,43H,20,22-25H2,1-3H3,(H,40,44)/t26-,27+,35-/m1/s1. The number of nitrogens with one attached hydrogen (secondary N) is 1. The van der Waals surface area contributed by atoms with Gasteiger partial charge in [-0.25, -0.2) is 0 Å². The number of hydrogen-bond donors (Lipinski definition) is 2. The monoisotopic (exact) mass is 616 g/mol. The van der Waals surface area contributed by atoms with Crippen LogP contribution in [0, 0.1) is 17.2 Å². The average Bonchev–Trinajstić information content (AvgIpc) is 3.07. The van der Waals surface area contributed by atoms with Crippen molar-refractivity contribution < 1.29 is 19.4 Å². The van der Waals surface area contributed by atoms with Crippen molar-refractivity contribution in [2.45, 2.75) is 39.0 Å². The fourth-order valence-corrected chi connectivity index (χ4v) is 5.75. The van der Waals surface area contributed by atoms with Gasteiger partial charge in [0, 0.05) is 25.6 Å². The Balaban J connectivity index is 1.37. The summed E-state index contributed by atoms with van der Waals surface area (Å²) in [6.07, 6.45) is -0.215. The van der Waals surface area contributed by atoms with E-state index in [-0.39, 0.29) is 36.9 Å². The Bertz CT molecular complexity index is 1680. The van der Waals surface area contributed by atoms with Crippen molar-refractivity contribution >= 4 is 17.5 Å². The Morgan fingerprint density at radius 2 is 1.67 bits per heavy atom. The molecule has 5 rings (SSSR count). The van der Waals surface area contributed by atoms with Gasteiger partial charge in [-0.3, -0.25) is 14.5 Å². The Kier molecular flexibility index (Phi) is 10.5. The Labute approximate surface area is 270 Å². The quantitative estimate of drug-likeness (QED) is 0.235. The predicted molar refractivity (Wildman–Crippen MR) is 179 cm³/mol. The molecule has 0 radical (unpaired) electrons. The molecule has 4 aromatic carbocycles. The number of ether oxygens (including phenoxy) is 1. The van der Waals surface area contributed by atoms with E-state index in [2.05, 4.69) is 59.6 Å². The van der Waals surface area contributed by atoms with Crippen LogP contribution in [0.5, 0.6) is 5.75 Å². The van der Waals surface area contributed by atoms with Gasteiger partial charge in [0.2, 0.25) is 5.91 Å². The number of rotatable bonds is 10. The normalized spacial score (nSPS) is 16.9. The molecule has 0 spiro atoms. The van der Waals surface area contributed by atoms with Crippen LogP contribution in [0.3, 0.4) is 0 Å². The summed E-state index contributed by atoms with van der Waals surface area (Å²) in [6.45, 7) is 5.40. The van der Waals surface area contributed by atoms with Gasteiger partial charge in [0.25, 0.3) is 5.91 Å². The van der Waals surface area contributed by atoms with Gasteiger partial charge in [0.05, 0.1) is 42.0 Å². The molecule has 0 aliphatic carbocycles. The van der Waals surface area contributed by atoms with Crippen molar-refractivity contribution in [1.29, 1.82) is 5.26 Å². The molecule has 0 unspecified atom stereocenters. The van der Waals surface area contributed by atoms with E-state index >= 15 is 0 Å². The van der Waals surface area contributed by atoms with E-state index in [1.165, 1.54) is 11.1 Å². The van der Waals surface area contributed by atoms with Crippen LogP contribution >= 0.6 is 0 Å². The smallest absolute Gasteiger partial charge is 0.258 e. The van der Waals surface area contributed by atoms with Crippen molar-refractivity contribution in [3.63, 3.8) is 0 Å². The highest BCUT2D eigenvalue weighted by molar-refractivity contribution is 6.02. The highest BCUT2D eigenvalue weighted by atomic mass is 16.5. The van der Waals surface area contributed by atoms with Crippen LogP contribution < -0.4 is 10.1 Å². The zero-order chi connectivity index (χ0) is 32.6. The van der Waals surface area contributed by atoms with Crippen molar-refractivity contribution in [1.82, 2.24) is 9.80 Å². The molecular formula is C38H40N4O4. The number of anilines is 1. The number of likely N-dealkylation sites (N-methyl/N-ethyl adjacent to an activating group) is 1. The summed E-state index contributed by atoms with van der Waals surface area (Å²) in [5.41, 5.74) is 5.55. The minimum absolute atomic E-state index is 0.0728. The van der Waals surface area contributed by atoms with Gasteiger partial charge in [0.1, 0.15) is 6.10 Å². The zero-order valence-electron chi connectivity index (χ0n) is 26.5. The molecule has 0 saturated heterocycles. The number of aliphatic hydroxyl groups excluding tert-OH is 1. The van der Waals surface area contributed by atoms with Gasteiger partial charge in [-0.15, -0.1) is 0 Å². The number of carbonyl (C=O) groups is 2. The summed E-state index contributed by atoms with van der Waals surface area (Å²) in [5.74, 6) is -0.265. The number of benzene rings is 4. The molecule has 8 heteroatoms. The SMILES string of the molecule is C[C@@H]1CN([C@@H](C)CO)C(=O)c2cccc(NC(=O)Cc3ccc(C#N)cc3)c2O[C@@H]1CN(C)Cc1ccc(-c2ccccc2)cc1. The molecule has 0 fully saturated rings. The second-order valence-electron chi connectivity index (χ2n) is 12.1. The average molecular weight is 617 g/mol. The third-order valence-electron chi connectivity index (χ3n) is 8.42. The van der Waals surface area contributed by atoms with Crippen LogP contribution in [0.1, 0.15) is 40.9 Å². The molecule has 0 saturated carbocycles. The lowest BCUT2D eigenvalue weighted by molar-refractivity contribution is -0.115. The summed E-state index contributed by atoms with van der Waals surface area (Å²) in [4.78, 5) is 30.9. The zero-order valence-corrected chi connectivity index (χ0v) is 26.5. The summed E-state index contributed by atoms with van der Waals surface area (Å²) >= 11 is 0. The van der Waals surface area contributed by atoms with Gasteiger partial charge in [-0.2, -0.15) is 5.26 Å². The summed E-state index contributed by atoms with van der Waals surface area (Å²) in [7, 11) is 2.05. The van der Waals surface area contributed by atoms with E-state index in [4.69, 9.17) is 10.00 Å². The van der Waals surface area contributed by atoms with Crippen LogP contribution in [-0.2, 0) is 17.8 Å². The van der Waals surface area contributed by atoms with E-state index in [0.29, 0.717) is 42.2 Å². The maximum atomic E-state index is 13.8. The first-order valence-electron chi connectivity index (χ1n) is 15.6. The van der Waals surface area contributed by atoms with Crippen molar-refractivity contribution in [2.24, 2.45) is 5.92 Å². The number of nitriles is 1. The lowest BCUT2D eigenvalue weighted by atomic mass is 9.98. The number of carbonyl (C=O) groups excluding carboxylic acids is 2. The number of amides is 2. The highest BCUT2D eigenvalue weighted by Crippen LogP contribution is 2.35. The predicted octanol–water partition coefficient (Wildman–Crippen LogP) is 5.76. The maximum Gasteiger partial charge on any atom is 0.258 e. The van der Waals surface area contributed by atoms with Crippen LogP contribution in [0.4, 0.5) is 5.69 Å². The highest BCUT2D eigenvalue weighted by Gasteiger charge is 2.34. The van der Waals surface area contributed by atoms with Gasteiger partial charge < -0.3 is 20.1 Å². The van der Waals surface area contributed by atoms with Gasteiger partial charge in [-0.1, -0.05) is 79.7 Å². The van der Waals surface area contributed by atoms with Gasteiger partial charge in [-0.05, 0) is 60.5 Å². The minimum Gasteiger partial charge on any atom is -0.486 e.